The van der Waals surface area contributed by atoms with E-state index in [0.717, 1.165) is 12.5 Å². The van der Waals surface area contributed by atoms with Gasteiger partial charge in [-0.1, -0.05) is 32.6 Å². The van der Waals surface area contributed by atoms with Gasteiger partial charge in [-0.3, -0.25) is 0 Å². The smallest absolute Gasteiger partial charge is 0.0701 e. The summed E-state index contributed by atoms with van der Waals surface area (Å²) in [7, 11) is 0. The summed E-state index contributed by atoms with van der Waals surface area (Å²) in [4.78, 5) is 1.51. The minimum absolute atomic E-state index is 0.578. The Morgan fingerprint density at radius 1 is 1.29 bits per heavy atom. The van der Waals surface area contributed by atoms with Gasteiger partial charge in [-0.15, -0.1) is 11.3 Å². The number of hydrogen-bond acceptors (Lipinski definition) is 2. The Morgan fingerprint density at radius 3 is 2.53 bits per heavy atom. The molecule has 0 amide bonds. The first-order chi connectivity index (χ1) is 8.31. The Balaban J connectivity index is 2.09. The lowest BCUT2D eigenvalue weighted by Crippen LogP contribution is -2.27. The predicted octanol–water partition coefficient (Wildman–Crippen LogP) is 5.13. The second kappa shape index (κ2) is 6.91. The quantitative estimate of drug-likeness (QED) is 0.759. The molecule has 0 aliphatic heterocycles. The van der Waals surface area contributed by atoms with Gasteiger partial charge in [0.15, 0.2) is 0 Å². The summed E-state index contributed by atoms with van der Waals surface area (Å²) in [6.07, 6.45) is 8.49. The molecule has 1 heterocycles. The monoisotopic (exact) mass is 315 g/mol. The van der Waals surface area contributed by atoms with Crippen molar-refractivity contribution in [1.82, 2.24) is 5.32 Å². The molecule has 3 heteroatoms. The normalized spacial score (nSPS) is 20.1. The fourth-order valence-electron chi connectivity index (χ4n) is 2.86. The van der Waals surface area contributed by atoms with E-state index in [9.17, 15) is 0 Å². The maximum atomic E-state index is 3.70. The molecule has 96 valence electrons. The summed E-state index contributed by atoms with van der Waals surface area (Å²) in [5.74, 6) is 0.836. The Labute approximate surface area is 117 Å². The number of nitrogens with one attached hydrogen (secondary N) is 1. The van der Waals surface area contributed by atoms with Gasteiger partial charge in [-0.2, -0.15) is 0 Å². The summed E-state index contributed by atoms with van der Waals surface area (Å²) in [5, 5.41) is 3.70. The van der Waals surface area contributed by atoms with Crippen LogP contribution in [-0.2, 0) is 0 Å². The average Bonchev–Trinajstić information content (AvgIpc) is 2.60. The molecule has 1 atom stereocenters. The van der Waals surface area contributed by atoms with E-state index in [4.69, 9.17) is 0 Å². The van der Waals surface area contributed by atoms with Crippen molar-refractivity contribution >= 4 is 27.3 Å². The molecule has 0 aromatic carbocycles. The van der Waals surface area contributed by atoms with E-state index in [0.29, 0.717) is 6.04 Å². The fourth-order valence-corrected chi connectivity index (χ4v) is 4.45. The highest BCUT2D eigenvalue weighted by atomic mass is 79.9. The van der Waals surface area contributed by atoms with Crippen LogP contribution in [0.1, 0.15) is 56.4 Å². The first-order valence-electron chi connectivity index (χ1n) is 6.80. The third kappa shape index (κ3) is 3.80. The molecular formula is C14H22BrNS. The van der Waals surface area contributed by atoms with Crippen LogP contribution in [0.25, 0.3) is 0 Å². The zero-order valence-electron chi connectivity index (χ0n) is 10.5. The Hall–Kier alpha value is 0.140. The van der Waals surface area contributed by atoms with Crippen molar-refractivity contribution in [2.45, 2.75) is 51.5 Å². The van der Waals surface area contributed by atoms with E-state index in [1.807, 2.05) is 11.3 Å². The van der Waals surface area contributed by atoms with Crippen molar-refractivity contribution < 1.29 is 0 Å². The topological polar surface area (TPSA) is 12.0 Å². The molecule has 1 fully saturated rings. The lowest BCUT2D eigenvalue weighted by Gasteiger charge is -2.26. The number of hydrogen-bond donors (Lipinski definition) is 1. The predicted molar refractivity (Wildman–Crippen MR) is 79.6 cm³/mol. The largest absolute Gasteiger partial charge is 0.309 e. The SMILES string of the molecule is CCNC(c1ccc(Br)s1)C1CCCCCC1. The van der Waals surface area contributed by atoms with Crippen molar-refractivity contribution in [2.24, 2.45) is 5.92 Å². The highest BCUT2D eigenvalue weighted by Crippen LogP contribution is 2.37. The maximum Gasteiger partial charge on any atom is 0.0701 e. The summed E-state index contributed by atoms with van der Waals surface area (Å²) in [6, 6.07) is 5.04. The van der Waals surface area contributed by atoms with E-state index in [1.165, 1.54) is 47.2 Å². The van der Waals surface area contributed by atoms with Crippen molar-refractivity contribution in [3.63, 3.8) is 0 Å². The van der Waals surface area contributed by atoms with Crippen LogP contribution in [0, 0.1) is 5.92 Å². The van der Waals surface area contributed by atoms with Gasteiger partial charge in [0.2, 0.25) is 0 Å². The molecule has 0 spiro atoms. The van der Waals surface area contributed by atoms with Gasteiger partial charge in [0, 0.05) is 10.9 Å². The standard InChI is InChI=1S/C14H22BrNS/c1-2-16-14(12-9-10-13(15)17-12)11-7-5-3-4-6-8-11/h9-11,14,16H,2-8H2,1H3. The summed E-state index contributed by atoms with van der Waals surface area (Å²) in [5.41, 5.74) is 0. The van der Waals surface area contributed by atoms with Gasteiger partial charge in [0.25, 0.3) is 0 Å². The third-order valence-electron chi connectivity index (χ3n) is 3.70. The molecule has 17 heavy (non-hydrogen) atoms. The molecule has 0 saturated heterocycles. The molecule has 1 aliphatic carbocycles. The highest BCUT2D eigenvalue weighted by Gasteiger charge is 2.24. The fraction of sp³-hybridized carbons (Fsp3) is 0.714. The van der Waals surface area contributed by atoms with E-state index in [1.54, 1.807) is 0 Å². The molecule has 1 unspecified atom stereocenters. The number of thiophene rings is 1. The summed E-state index contributed by atoms with van der Waals surface area (Å²) < 4.78 is 1.25. The van der Waals surface area contributed by atoms with Gasteiger partial charge < -0.3 is 5.32 Å². The molecule has 1 nitrogen and oxygen atoms in total. The van der Waals surface area contributed by atoms with Crippen molar-refractivity contribution in [3.05, 3.63) is 20.8 Å². The van der Waals surface area contributed by atoms with Gasteiger partial charge in [0.1, 0.15) is 0 Å². The Bertz CT molecular complexity index is 329. The molecular weight excluding hydrogens is 294 g/mol. The Morgan fingerprint density at radius 2 is 2.00 bits per heavy atom. The van der Waals surface area contributed by atoms with Crippen LogP contribution in [0.2, 0.25) is 0 Å². The highest BCUT2D eigenvalue weighted by molar-refractivity contribution is 9.11. The first kappa shape index (κ1) is 13.6. The molecule has 1 aliphatic rings. The molecule has 0 bridgehead atoms. The van der Waals surface area contributed by atoms with E-state index < -0.39 is 0 Å². The van der Waals surface area contributed by atoms with Crippen molar-refractivity contribution in [3.8, 4) is 0 Å². The molecule has 2 rings (SSSR count). The van der Waals surface area contributed by atoms with Crippen molar-refractivity contribution in [2.75, 3.05) is 6.54 Å². The summed E-state index contributed by atoms with van der Waals surface area (Å²) >= 11 is 5.47. The van der Waals surface area contributed by atoms with Crippen LogP contribution >= 0.6 is 27.3 Å². The van der Waals surface area contributed by atoms with Gasteiger partial charge >= 0.3 is 0 Å². The van der Waals surface area contributed by atoms with Gasteiger partial charge in [-0.25, -0.2) is 0 Å². The molecule has 1 aromatic heterocycles. The maximum absolute atomic E-state index is 3.70. The molecule has 1 N–H and O–H groups in total. The lowest BCUT2D eigenvalue weighted by atomic mass is 9.91. The van der Waals surface area contributed by atoms with Crippen LogP contribution in [0.15, 0.2) is 15.9 Å². The van der Waals surface area contributed by atoms with E-state index in [2.05, 4.69) is 40.3 Å². The van der Waals surface area contributed by atoms with Gasteiger partial charge in [0.05, 0.1) is 3.79 Å². The second-order valence-corrected chi connectivity index (χ2v) is 7.42. The van der Waals surface area contributed by atoms with Crippen LogP contribution in [0.4, 0.5) is 0 Å². The second-order valence-electron chi connectivity index (χ2n) is 4.93. The summed E-state index contributed by atoms with van der Waals surface area (Å²) in [6.45, 7) is 3.28. The minimum atomic E-state index is 0.578. The van der Waals surface area contributed by atoms with Crippen LogP contribution in [0.5, 0.6) is 0 Å². The molecule has 0 radical (unpaired) electrons. The lowest BCUT2D eigenvalue weighted by molar-refractivity contribution is 0.334. The van der Waals surface area contributed by atoms with Crippen LogP contribution in [-0.4, -0.2) is 6.54 Å². The molecule has 1 aromatic rings. The Kier molecular flexibility index (Phi) is 5.51. The molecule has 1 saturated carbocycles. The van der Waals surface area contributed by atoms with Crippen molar-refractivity contribution in [1.29, 1.82) is 0 Å². The van der Waals surface area contributed by atoms with E-state index in [-0.39, 0.29) is 0 Å². The average molecular weight is 316 g/mol. The van der Waals surface area contributed by atoms with Crippen LogP contribution < -0.4 is 5.32 Å². The number of halogens is 1. The zero-order chi connectivity index (χ0) is 12.1. The third-order valence-corrected chi connectivity index (χ3v) is 5.40. The minimum Gasteiger partial charge on any atom is -0.309 e. The first-order valence-corrected chi connectivity index (χ1v) is 8.41. The van der Waals surface area contributed by atoms with Crippen LogP contribution in [0.3, 0.4) is 0 Å². The number of rotatable bonds is 4. The van der Waals surface area contributed by atoms with Gasteiger partial charge in [-0.05, 0) is 53.4 Å². The zero-order valence-corrected chi connectivity index (χ0v) is 12.9. The van der Waals surface area contributed by atoms with E-state index >= 15 is 0 Å².